The first-order valence-corrected chi connectivity index (χ1v) is 11.1. The molecule has 0 fully saturated rings. The number of alkyl halides is 3. The standard InChI is InChI=1S/C25H24F4N4O2/c1-15(2)33-14-18(12-31-33)17-10-20-22(13-30-23(20)21(26)11-17)32-24(34)16-4-6-19(7-5-16)35-9-3-8-25(27,28)29/h4-7,10-15,30H,3,8-9H2,1-2H3,(H,32,34). The fourth-order valence-electron chi connectivity index (χ4n) is 3.59. The fraction of sp³-hybridized carbons (Fsp3) is 0.280. The highest BCUT2D eigenvalue weighted by Crippen LogP contribution is 2.32. The first-order chi connectivity index (χ1) is 16.6. The largest absolute Gasteiger partial charge is 0.494 e. The number of halogens is 4. The number of carbonyl (C=O) groups excluding carboxylic acids is 1. The molecule has 0 saturated carbocycles. The monoisotopic (exact) mass is 488 g/mol. The van der Waals surface area contributed by atoms with Gasteiger partial charge in [0.1, 0.15) is 11.6 Å². The van der Waals surface area contributed by atoms with Crippen molar-refractivity contribution in [2.24, 2.45) is 0 Å². The summed E-state index contributed by atoms with van der Waals surface area (Å²) >= 11 is 0. The summed E-state index contributed by atoms with van der Waals surface area (Å²) in [4.78, 5) is 15.6. The maximum absolute atomic E-state index is 14.8. The number of H-pyrrole nitrogens is 1. The summed E-state index contributed by atoms with van der Waals surface area (Å²) < 4.78 is 58.5. The van der Waals surface area contributed by atoms with Crippen molar-refractivity contribution >= 4 is 22.5 Å². The molecule has 184 valence electrons. The first-order valence-electron chi connectivity index (χ1n) is 11.1. The number of hydrogen-bond donors (Lipinski definition) is 2. The van der Waals surface area contributed by atoms with E-state index in [1.807, 2.05) is 20.0 Å². The highest BCUT2D eigenvalue weighted by molar-refractivity contribution is 6.09. The number of aromatic amines is 1. The molecular formula is C25H24F4N4O2. The Hall–Kier alpha value is -3.82. The van der Waals surface area contributed by atoms with Gasteiger partial charge >= 0.3 is 6.18 Å². The third kappa shape index (κ3) is 5.82. The predicted molar refractivity (Wildman–Crippen MR) is 125 cm³/mol. The van der Waals surface area contributed by atoms with E-state index in [-0.39, 0.29) is 24.6 Å². The molecule has 6 nitrogen and oxygen atoms in total. The summed E-state index contributed by atoms with van der Waals surface area (Å²) in [5.74, 6) is -0.514. The van der Waals surface area contributed by atoms with Crippen molar-refractivity contribution in [1.29, 1.82) is 0 Å². The lowest BCUT2D eigenvalue weighted by atomic mass is 10.1. The van der Waals surface area contributed by atoms with Gasteiger partial charge in [0.15, 0.2) is 0 Å². The summed E-state index contributed by atoms with van der Waals surface area (Å²) in [7, 11) is 0. The van der Waals surface area contributed by atoms with Gasteiger partial charge in [-0.2, -0.15) is 18.3 Å². The van der Waals surface area contributed by atoms with Crippen LogP contribution in [0.4, 0.5) is 23.2 Å². The van der Waals surface area contributed by atoms with Gasteiger partial charge in [0.25, 0.3) is 5.91 Å². The molecule has 0 aliphatic heterocycles. The number of nitrogens with one attached hydrogen (secondary N) is 2. The lowest BCUT2D eigenvalue weighted by molar-refractivity contribution is -0.136. The van der Waals surface area contributed by atoms with E-state index in [1.54, 1.807) is 16.9 Å². The van der Waals surface area contributed by atoms with E-state index in [4.69, 9.17) is 4.74 Å². The molecule has 0 aliphatic rings. The number of aromatic nitrogens is 3. The van der Waals surface area contributed by atoms with Crippen molar-refractivity contribution in [2.75, 3.05) is 11.9 Å². The molecule has 2 heterocycles. The van der Waals surface area contributed by atoms with Crippen molar-refractivity contribution in [3.63, 3.8) is 0 Å². The van der Waals surface area contributed by atoms with Gasteiger partial charge in [0.05, 0.1) is 24.0 Å². The SMILES string of the molecule is CC(C)n1cc(-c2cc(F)c3[nH]cc(NC(=O)c4ccc(OCCCC(F)(F)F)cc4)c3c2)cn1. The molecule has 0 saturated heterocycles. The molecule has 2 aromatic heterocycles. The second-order valence-electron chi connectivity index (χ2n) is 8.43. The summed E-state index contributed by atoms with van der Waals surface area (Å²) in [6.45, 7) is 3.91. The lowest BCUT2D eigenvalue weighted by Crippen LogP contribution is -2.12. The van der Waals surface area contributed by atoms with Crippen LogP contribution in [0.1, 0.15) is 43.1 Å². The number of rotatable bonds is 8. The Balaban J connectivity index is 1.47. The van der Waals surface area contributed by atoms with Crippen LogP contribution in [-0.4, -0.2) is 33.5 Å². The Labute approximate surface area is 198 Å². The normalized spacial score (nSPS) is 11.9. The van der Waals surface area contributed by atoms with Crippen LogP contribution in [0.25, 0.3) is 22.0 Å². The minimum Gasteiger partial charge on any atom is -0.494 e. The van der Waals surface area contributed by atoms with Gasteiger partial charge in [-0.15, -0.1) is 0 Å². The van der Waals surface area contributed by atoms with Gasteiger partial charge in [-0.25, -0.2) is 4.39 Å². The van der Waals surface area contributed by atoms with Crippen molar-refractivity contribution in [3.05, 3.63) is 66.4 Å². The zero-order chi connectivity index (χ0) is 25.2. The summed E-state index contributed by atoms with van der Waals surface area (Å²) in [5.41, 5.74) is 2.38. The molecule has 35 heavy (non-hydrogen) atoms. The number of fused-ring (bicyclic) bond motifs is 1. The minimum absolute atomic E-state index is 0.0790. The predicted octanol–water partition coefficient (Wildman–Crippen LogP) is 6.73. The molecule has 0 radical (unpaired) electrons. The topological polar surface area (TPSA) is 71.9 Å². The van der Waals surface area contributed by atoms with Crippen LogP contribution in [0.15, 0.2) is 55.0 Å². The highest BCUT2D eigenvalue weighted by Gasteiger charge is 2.26. The molecule has 0 unspecified atom stereocenters. The van der Waals surface area contributed by atoms with Crippen LogP contribution < -0.4 is 10.1 Å². The van der Waals surface area contributed by atoms with Gasteiger partial charge in [0, 0.05) is 41.4 Å². The Morgan fingerprint density at radius 1 is 1.17 bits per heavy atom. The Morgan fingerprint density at radius 3 is 2.57 bits per heavy atom. The Bertz CT molecular complexity index is 1320. The summed E-state index contributed by atoms with van der Waals surface area (Å²) in [6, 6.07) is 9.41. The van der Waals surface area contributed by atoms with Crippen molar-refractivity contribution < 1.29 is 27.1 Å². The number of carbonyl (C=O) groups is 1. The number of amides is 1. The molecule has 1 amide bonds. The van der Waals surface area contributed by atoms with E-state index in [1.165, 1.54) is 36.5 Å². The zero-order valence-electron chi connectivity index (χ0n) is 19.1. The van der Waals surface area contributed by atoms with Crippen LogP contribution in [0, 0.1) is 5.82 Å². The van der Waals surface area contributed by atoms with Crippen LogP contribution in [0.3, 0.4) is 0 Å². The second kappa shape index (κ2) is 9.81. The Morgan fingerprint density at radius 2 is 1.91 bits per heavy atom. The van der Waals surface area contributed by atoms with E-state index in [9.17, 15) is 22.4 Å². The minimum atomic E-state index is -4.21. The summed E-state index contributed by atoms with van der Waals surface area (Å²) in [5, 5.41) is 7.58. The van der Waals surface area contributed by atoms with Gasteiger partial charge in [-0.05, 0) is 62.2 Å². The van der Waals surface area contributed by atoms with E-state index >= 15 is 0 Å². The van der Waals surface area contributed by atoms with Crippen LogP contribution in [0.2, 0.25) is 0 Å². The van der Waals surface area contributed by atoms with Gasteiger partial charge in [0.2, 0.25) is 0 Å². The lowest BCUT2D eigenvalue weighted by Gasteiger charge is -2.09. The molecule has 0 aliphatic carbocycles. The van der Waals surface area contributed by atoms with E-state index in [2.05, 4.69) is 15.4 Å². The van der Waals surface area contributed by atoms with Gasteiger partial charge < -0.3 is 15.0 Å². The van der Waals surface area contributed by atoms with E-state index < -0.39 is 24.3 Å². The molecule has 4 rings (SSSR count). The highest BCUT2D eigenvalue weighted by atomic mass is 19.4. The van der Waals surface area contributed by atoms with Crippen LogP contribution in [-0.2, 0) is 0 Å². The smallest absolute Gasteiger partial charge is 0.389 e. The number of nitrogens with zero attached hydrogens (tertiary/aromatic N) is 2. The van der Waals surface area contributed by atoms with Gasteiger partial charge in [-0.3, -0.25) is 9.48 Å². The molecule has 2 aromatic carbocycles. The molecule has 2 N–H and O–H groups in total. The average Bonchev–Trinajstić information content (AvgIpc) is 3.45. The first kappa shape index (κ1) is 24.3. The number of benzene rings is 2. The van der Waals surface area contributed by atoms with Crippen molar-refractivity contribution in [2.45, 2.75) is 38.9 Å². The molecule has 0 atom stereocenters. The Kier molecular flexibility index (Phi) is 6.81. The second-order valence-corrected chi connectivity index (χ2v) is 8.43. The molecule has 0 bridgehead atoms. The molecule has 4 aromatic rings. The molecule has 0 spiro atoms. The van der Waals surface area contributed by atoms with E-state index in [0.717, 1.165) is 5.56 Å². The fourth-order valence-corrected chi connectivity index (χ4v) is 3.59. The summed E-state index contributed by atoms with van der Waals surface area (Å²) in [6.07, 6.45) is -0.261. The molecular weight excluding hydrogens is 464 g/mol. The van der Waals surface area contributed by atoms with Crippen LogP contribution in [0.5, 0.6) is 5.75 Å². The third-order valence-corrected chi connectivity index (χ3v) is 5.44. The van der Waals surface area contributed by atoms with Gasteiger partial charge in [-0.1, -0.05) is 0 Å². The maximum atomic E-state index is 14.8. The number of anilines is 1. The average molecular weight is 488 g/mol. The number of ether oxygens (including phenoxy) is 1. The quantitative estimate of drug-likeness (QED) is 0.214. The van der Waals surface area contributed by atoms with Crippen molar-refractivity contribution in [1.82, 2.24) is 14.8 Å². The van der Waals surface area contributed by atoms with Crippen LogP contribution >= 0.6 is 0 Å². The van der Waals surface area contributed by atoms with E-state index in [0.29, 0.717) is 28.0 Å². The third-order valence-electron chi connectivity index (χ3n) is 5.44. The molecule has 10 heteroatoms. The maximum Gasteiger partial charge on any atom is 0.389 e. The zero-order valence-corrected chi connectivity index (χ0v) is 19.1. The van der Waals surface area contributed by atoms with Crippen molar-refractivity contribution in [3.8, 4) is 16.9 Å². The number of hydrogen-bond acceptors (Lipinski definition) is 3.